The van der Waals surface area contributed by atoms with Crippen LogP contribution in [0.2, 0.25) is 0 Å². The second kappa shape index (κ2) is 8.74. The molecule has 150 valence electrons. The predicted molar refractivity (Wildman–Crippen MR) is 114 cm³/mol. The number of aromatic amines is 1. The number of H-pyrrole nitrogens is 1. The fraction of sp³-hybridized carbons (Fsp3) is 0.120. The Balaban J connectivity index is 1.39. The summed E-state index contributed by atoms with van der Waals surface area (Å²) in [5.74, 6) is 0.972. The summed E-state index contributed by atoms with van der Waals surface area (Å²) in [5.41, 5.74) is 3.96. The number of hydrogen-bond acceptors (Lipinski definition) is 3. The highest BCUT2D eigenvalue weighted by molar-refractivity contribution is 5.83. The summed E-state index contributed by atoms with van der Waals surface area (Å²) in [4.78, 5) is 19.8. The molecule has 2 aromatic carbocycles. The Morgan fingerprint density at radius 1 is 1.00 bits per heavy atom. The molecule has 0 saturated heterocycles. The molecule has 4 nitrogen and oxygen atoms in total. The molecular weight excluding hydrogens is 379 g/mol. The van der Waals surface area contributed by atoms with E-state index in [2.05, 4.69) is 9.97 Å². The van der Waals surface area contributed by atoms with Crippen molar-refractivity contribution >= 4 is 5.78 Å². The molecule has 30 heavy (non-hydrogen) atoms. The molecule has 4 rings (SSSR count). The van der Waals surface area contributed by atoms with Gasteiger partial charge in [0.2, 0.25) is 0 Å². The number of carbonyl (C=O) groups is 1. The number of Topliss-reactive ketones (excluding diaryl/α,β-unsaturated/α-hetero) is 1. The third kappa shape index (κ3) is 4.81. The normalized spacial score (nSPS) is 10.7. The first-order chi connectivity index (χ1) is 14.6. The van der Waals surface area contributed by atoms with Crippen molar-refractivity contribution in [2.75, 3.05) is 0 Å². The van der Waals surface area contributed by atoms with Crippen molar-refractivity contribution in [3.63, 3.8) is 0 Å². The molecule has 2 heterocycles. The lowest BCUT2D eigenvalue weighted by Gasteiger charge is -2.08. The fourth-order valence-corrected chi connectivity index (χ4v) is 3.26. The van der Waals surface area contributed by atoms with E-state index in [1.165, 1.54) is 6.07 Å². The number of nitrogens with zero attached hydrogens (tertiary/aromatic N) is 1. The standard InChI is InChI=1S/C25H21FN2O2/c1-17-4-9-23(26)19(13-17)15-20(29)14-18-5-7-21(8-6-18)30-22-10-12-28-25(16-22)24-3-2-11-27-24/h2-13,16,27H,14-15H2,1H3. The molecule has 0 amide bonds. The van der Waals surface area contributed by atoms with E-state index in [1.807, 2.05) is 55.6 Å². The van der Waals surface area contributed by atoms with Crippen molar-refractivity contribution in [1.29, 1.82) is 0 Å². The number of halogens is 1. The first kappa shape index (κ1) is 19.6. The van der Waals surface area contributed by atoms with Gasteiger partial charge in [0.05, 0.1) is 11.4 Å². The lowest BCUT2D eigenvalue weighted by molar-refractivity contribution is -0.117. The van der Waals surface area contributed by atoms with Gasteiger partial charge in [0.25, 0.3) is 0 Å². The summed E-state index contributed by atoms with van der Waals surface area (Å²) in [6.45, 7) is 1.88. The Morgan fingerprint density at radius 3 is 2.60 bits per heavy atom. The van der Waals surface area contributed by atoms with E-state index < -0.39 is 0 Å². The van der Waals surface area contributed by atoms with Gasteiger partial charge in [-0.05, 0) is 54.4 Å². The van der Waals surface area contributed by atoms with Gasteiger partial charge in [-0.1, -0.05) is 29.8 Å². The molecule has 0 aliphatic carbocycles. The van der Waals surface area contributed by atoms with Crippen LogP contribution in [0.5, 0.6) is 11.5 Å². The molecule has 5 heteroatoms. The van der Waals surface area contributed by atoms with Crippen molar-refractivity contribution in [2.24, 2.45) is 0 Å². The van der Waals surface area contributed by atoms with Gasteiger partial charge >= 0.3 is 0 Å². The third-order valence-electron chi connectivity index (χ3n) is 4.75. The van der Waals surface area contributed by atoms with Crippen LogP contribution in [0.25, 0.3) is 11.4 Å². The summed E-state index contributed by atoms with van der Waals surface area (Å²) in [7, 11) is 0. The monoisotopic (exact) mass is 400 g/mol. The van der Waals surface area contributed by atoms with Crippen LogP contribution in [0.4, 0.5) is 4.39 Å². The molecule has 0 spiro atoms. The third-order valence-corrected chi connectivity index (χ3v) is 4.75. The van der Waals surface area contributed by atoms with Crippen LogP contribution in [-0.4, -0.2) is 15.8 Å². The molecule has 1 N–H and O–H groups in total. The zero-order valence-electron chi connectivity index (χ0n) is 16.6. The average molecular weight is 400 g/mol. The van der Waals surface area contributed by atoms with Gasteiger partial charge in [-0.25, -0.2) is 4.39 Å². The Hall–Kier alpha value is -3.73. The maximum Gasteiger partial charge on any atom is 0.141 e. The van der Waals surface area contributed by atoms with Crippen LogP contribution < -0.4 is 4.74 Å². The highest BCUT2D eigenvalue weighted by atomic mass is 19.1. The Bertz CT molecular complexity index is 1150. The number of benzene rings is 2. The van der Waals surface area contributed by atoms with Gasteiger partial charge in [-0.15, -0.1) is 0 Å². The molecule has 0 aliphatic heterocycles. The van der Waals surface area contributed by atoms with Crippen molar-refractivity contribution in [2.45, 2.75) is 19.8 Å². The van der Waals surface area contributed by atoms with Crippen LogP contribution >= 0.6 is 0 Å². The van der Waals surface area contributed by atoms with Gasteiger partial charge in [0.1, 0.15) is 23.1 Å². The van der Waals surface area contributed by atoms with Crippen molar-refractivity contribution in [1.82, 2.24) is 9.97 Å². The van der Waals surface area contributed by atoms with Gasteiger partial charge in [0, 0.05) is 31.3 Å². The quantitative estimate of drug-likeness (QED) is 0.435. The maximum atomic E-state index is 13.9. The fourth-order valence-electron chi connectivity index (χ4n) is 3.26. The van der Waals surface area contributed by atoms with Crippen molar-refractivity contribution in [3.8, 4) is 22.9 Å². The molecule has 4 aromatic rings. The molecule has 0 fully saturated rings. The molecule has 0 bridgehead atoms. The number of hydrogen-bond donors (Lipinski definition) is 1. The molecule has 0 aliphatic rings. The summed E-state index contributed by atoms with van der Waals surface area (Å²) in [6, 6.07) is 19.7. The number of ether oxygens (including phenoxy) is 1. The molecule has 0 unspecified atom stereocenters. The lowest BCUT2D eigenvalue weighted by Crippen LogP contribution is -2.08. The number of pyridine rings is 1. The van der Waals surface area contributed by atoms with Crippen LogP contribution in [0.15, 0.2) is 79.1 Å². The number of rotatable bonds is 7. The van der Waals surface area contributed by atoms with E-state index in [0.717, 1.165) is 22.5 Å². The van der Waals surface area contributed by atoms with Crippen LogP contribution in [0.3, 0.4) is 0 Å². The number of carbonyl (C=O) groups excluding carboxylic acids is 1. The maximum absolute atomic E-state index is 13.9. The van der Waals surface area contributed by atoms with Crippen LogP contribution in [0, 0.1) is 12.7 Å². The zero-order valence-corrected chi connectivity index (χ0v) is 16.6. The van der Waals surface area contributed by atoms with E-state index in [-0.39, 0.29) is 24.4 Å². The Morgan fingerprint density at radius 2 is 1.83 bits per heavy atom. The van der Waals surface area contributed by atoms with E-state index in [1.54, 1.807) is 24.4 Å². The van der Waals surface area contributed by atoms with E-state index >= 15 is 0 Å². The second-order valence-corrected chi connectivity index (χ2v) is 7.19. The SMILES string of the molecule is Cc1ccc(F)c(CC(=O)Cc2ccc(Oc3ccnc(-c4ccc[nH]4)c3)cc2)c1. The van der Waals surface area contributed by atoms with E-state index in [0.29, 0.717) is 17.1 Å². The minimum absolute atomic E-state index is 0.0297. The zero-order chi connectivity index (χ0) is 20.9. The first-order valence-corrected chi connectivity index (χ1v) is 9.70. The van der Waals surface area contributed by atoms with Crippen LogP contribution in [-0.2, 0) is 17.6 Å². The molecule has 0 radical (unpaired) electrons. The number of aromatic nitrogens is 2. The van der Waals surface area contributed by atoms with E-state index in [4.69, 9.17) is 4.74 Å². The lowest BCUT2D eigenvalue weighted by atomic mass is 10.0. The molecule has 0 atom stereocenters. The van der Waals surface area contributed by atoms with Crippen LogP contribution in [0.1, 0.15) is 16.7 Å². The number of ketones is 1. The molecule has 2 aromatic heterocycles. The van der Waals surface area contributed by atoms with Gasteiger partial charge < -0.3 is 9.72 Å². The van der Waals surface area contributed by atoms with Gasteiger partial charge in [-0.3, -0.25) is 9.78 Å². The minimum atomic E-state index is -0.339. The Labute approximate surface area is 174 Å². The topological polar surface area (TPSA) is 55.0 Å². The largest absolute Gasteiger partial charge is 0.457 e. The number of nitrogens with one attached hydrogen (secondary N) is 1. The smallest absolute Gasteiger partial charge is 0.141 e. The summed E-state index contributed by atoms with van der Waals surface area (Å²) >= 11 is 0. The summed E-state index contributed by atoms with van der Waals surface area (Å²) in [5, 5.41) is 0. The number of aryl methyl sites for hydroxylation is 1. The highest BCUT2D eigenvalue weighted by Gasteiger charge is 2.10. The highest BCUT2D eigenvalue weighted by Crippen LogP contribution is 2.25. The summed E-state index contributed by atoms with van der Waals surface area (Å²) < 4.78 is 19.8. The van der Waals surface area contributed by atoms with Crippen molar-refractivity contribution < 1.29 is 13.9 Å². The molecule has 0 saturated carbocycles. The first-order valence-electron chi connectivity index (χ1n) is 9.70. The van der Waals surface area contributed by atoms with Crippen molar-refractivity contribution in [3.05, 3.63) is 102 Å². The summed E-state index contributed by atoms with van der Waals surface area (Å²) in [6.07, 6.45) is 3.88. The molecular formula is C25H21FN2O2. The predicted octanol–water partition coefficient (Wildman–Crippen LogP) is 5.67. The minimum Gasteiger partial charge on any atom is -0.457 e. The van der Waals surface area contributed by atoms with Gasteiger partial charge in [0.15, 0.2) is 0 Å². The van der Waals surface area contributed by atoms with Gasteiger partial charge in [-0.2, -0.15) is 0 Å². The Kier molecular flexibility index (Phi) is 5.70. The average Bonchev–Trinajstić information content (AvgIpc) is 3.27. The van der Waals surface area contributed by atoms with E-state index in [9.17, 15) is 9.18 Å². The second-order valence-electron chi connectivity index (χ2n) is 7.19.